The summed E-state index contributed by atoms with van der Waals surface area (Å²) in [5.74, 6) is -1.04. The van der Waals surface area contributed by atoms with Gasteiger partial charge in [0, 0.05) is 12.0 Å². The minimum absolute atomic E-state index is 0.0498. The maximum atomic E-state index is 12.3. The van der Waals surface area contributed by atoms with Gasteiger partial charge in [0.05, 0.1) is 13.2 Å². The van der Waals surface area contributed by atoms with Gasteiger partial charge in [0.25, 0.3) is 0 Å². The quantitative estimate of drug-likeness (QED) is 0.884. The van der Waals surface area contributed by atoms with Crippen molar-refractivity contribution in [3.63, 3.8) is 0 Å². The second-order valence-electron chi connectivity index (χ2n) is 4.27. The van der Waals surface area contributed by atoms with Crippen molar-refractivity contribution >= 4 is 5.97 Å². The molecule has 4 nitrogen and oxygen atoms in total. The van der Waals surface area contributed by atoms with Crippen molar-refractivity contribution in [2.45, 2.75) is 18.1 Å². The van der Waals surface area contributed by atoms with E-state index in [1.165, 1.54) is 6.07 Å². The zero-order valence-electron chi connectivity index (χ0n) is 9.83. The third kappa shape index (κ3) is 2.65. The summed E-state index contributed by atoms with van der Waals surface area (Å²) in [5.41, 5.74) is -1.54. The van der Waals surface area contributed by atoms with Crippen molar-refractivity contribution in [2.75, 3.05) is 13.2 Å². The summed E-state index contributed by atoms with van der Waals surface area (Å²) >= 11 is 0. The summed E-state index contributed by atoms with van der Waals surface area (Å²) in [4.78, 5) is 11.5. The van der Waals surface area contributed by atoms with E-state index in [4.69, 9.17) is 4.74 Å². The van der Waals surface area contributed by atoms with Crippen LogP contribution in [0.25, 0.3) is 0 Å². The van der Waals surface area contributed by atoms with Gasteiger partial charge in [0.2, 0.25) is 0 Å². The average molecular weight is 275 g/mol. The number of carbonyl (C=O) groups is 1. The molecule has 0 radical (unpaired) electrons. The van der Waals surface area contributed by atoms with E-state index in [9.17, 15) is 23.1 Å². The highest BCUT2D eigenvalue weighted by molar-refractivity contribution is 5.82. The summed E-state index contributed by atoms with van der Waals surface area (Å²) in [6.07, 6.45) is -4.54. The largest absolute Gasteiger partial charge is 0.493 e. The third-order valence-electron chi connectivity index (χ3n) is 3.04. The fourth-order valence-electron chi connectivity index (χ4n) is 2.13. The van der Waals surface area contributed by atoms with Gasteiger partial charge in [-0.3, -0.25) is 5.32 Å². The van der Waals surface area contributed by atoms with Crippen LogP contribution >= 0.6 is 0 Å². The van der Waals surface area contributed by atoms with Crippen molar-refractivity contribution < 1.29 is 27.8 Å². The first-order valence-corrected chi connectivity index (χ1v) is 5.63. The van der Waals surface area contributed by atoms with E-state index >= 15 is 0 Å². The molecule has 0 saturated heterocycles. The van der Waals surface area contributed by atoms with Gasteiger partial charge in [-0.2, -0.15) is 13.2 Å². The van der Waals surface area contributed by atoms with Gasteiger partial charge >= 0.3 is 12.1 Å². The molecule has 1 heterocycles. The average Bonchev–Trinajstić information content (AvgIpc) is 2.35. The molecule has 2 N–H and O–H groups in total. The molecule has 0 saturated carbocycles. The van der Waals surface area contributed by atoms with Gasteiger partial charge in [0.1, 0.15) is 11.3 Å². The number of hydrogen-bond acceptors (Lipinski definition) is 3. The number of carboxylic acid groups (broad SMARTS) is 1. The van der Waals surface area contributed by atoms with Crippen molar-refractivity contribution in [1.82, 2.24) is 5.32 Å². The zero-order valence-corrected chi connectivity index (χ0v) is 9.83. The topological polar surface area (TPSA) is 58.6 Å². The maximum Gasteiger partial charge on any atom is 0.401 e. The SMILES string of the molecule is O=C(O)C1(NCC(F)(F)F)CCOc2ccccc21. The Morgan fingerprint density at radius 3 is 2.74 bits per heavy atom. The van der Waals surface area contributed by atoms with E-state index in [1.54, 1.807) is 18.2 Å². The fraction of sp³-hybridized carbons (Fsp3) is 0.417. The lowest BCUT2D eigenvalue weighted by Gasteiger charge is -2.36. The van der Waals surface area contributed by atoms with Crippen molar-refractivity contribution in [2.24, 2.45) is 0 Å². The molecule has 0 aliphatic carbocycles. The van der Waals surface area contributed by atoms with Crippen LogP contribution < -0.4 is 10.1 Å². The van der Waals surface area contributed by atoms with Crippen LogP contribution in [0.5, 0.6) is 5.75 Å². The highest BCUT2D eigenvalue weighted by Gasteiger charge is 2.46. The zero-order chi connectivity index (χ0) is 14.1. The van der Waals surface area contributed by atoms with Crippen molar-refractivity contribution in [3.8, 4) is 5.75 Å². The predicted molar refractivity (Wildman–Crippen MR) is 59.9 cm³/mol. The number of nitrogens with one attached hydrogen (secondary N) is 1. The summed E-state index contributed by atoms with van der Waals surface area (Å²) in [6.45, 7) is -1.32. The van der Waals surface area contributed by atoms with Gasteiger partial charge < -0.3 is 9.84 Å². The van der Waals surface area contributed by atoms with E-state index < -0.39 is 24.2 Å². The highest BCUT2D eigenvalue weighted by Crippen LogP contribution is 2.37. The first-order valence-electron chi connectivity index (χ1n) is 5.63. The van der Waals surface area contributed by atoms with Crippen molar-refractivity contribution in [1.29, 1.82) is 0 Å². The summed E-state index contributed by atoms with van der Waals surface area (Å²) in [6, 6.07) is 6.22. The number of carboxylic acids is 1. The van der Waals surface area contributed by atoms with E-state index in [2.05, 4.69) is 5.32 Å². The van der Waals surface area contributed by atoms with Crippen LogP contribution in [0.4, 0.5) is 13.2 Å². The number of fused-ring (bicyclic) bond motifs is 1. The molecular formula is C12H12F3NO3. The van der Waals surface area contributed by atoms with Crippen LogP contribution in [-0.4, -0.2) is 30.4 Å². The standard InChI is InChI=1S/C12H12F3NO3/c13-12(14,15)7-16-11(10(17)18)5-6-19-9-4-2-1-3-8(9)11/h1-4,16H,5-7H2,(H,17,18). The smallest absolute Gasteiger partial charge is 0.401 e. The highest BCUT2D eigenvalue weighted by atomic mass is 19.4. The fourth-order valence-corrected chi connectivity index (χ4v) is 2.13. The molecule has 1 aliphatic heterocycles. The molecular weight excluding hydrogens is 263 g/mol. The molecule has 2 rings (SSSR count). The maximum absolute atomic E-state index is 12.3. The lowest BCUT2D eigenvalue weighted by atomic mass is 9.84. The van der Waals surface area contributed by atoms with Gasteiger partial charge in [-0.15, -0.1) is 0 Å². The lowest BCUT2D eigenvalue weighted by Crippen LogP contribution is -2.54. The third-order valence-corrected chi connectivity index (χ3v) is 3.04. The minimum atomic E-state index is -4.48. The Labute approximate surface area is 107 Å². The summed E-state index contributed by atoms with van der Waals surface area (Å²) in [7, 11) is 0. The molecule has 19 heavy (non-hydrogen) atoms. The molecule has 0 aromatic heterocycles. The molecule has 1 aliphatic rings. The summed E-state index contributed by atoms with van der Waals surface area (Å²) in [5, 5.41) is 11.5. The number of benzene rings is 1. The molecule has 1 aromatic rings. The van der Waals surface area contributed by atoms with E-state index in [1.807, 2.05) is 0 Å². The molecule has 104 valence electrons. The second kappa shape index (κ2) is 4.73. The Morgan fingerprint density at radius 1 is 1.42 bits per heavy atom. The number of para-hydroxylation sites is 1. The van der Waals surface area contributed by atoms with Crippen LogP contribution in [0, 0.1) is 0 Å². The van der Waals surface area contributed by atoms with Crippen LogP contribution in [0.1, 0.15) is 12.0 Å². The first kappa shape index (κ1) is 13.7. The molecule has 7 heteroatoms. The Morgan fingerprint density at radius 2 is 2.11 bits per heavy atom. The van der Waals surface area contributed by atoms with E-state index in [0.29, 0.717) is 5.75 Å². The van der Waals surface area contributed by atoms with E-state index in [0.717, 1.165) is 0 Å². The van der Waals surface area contributed by atoms with Crippen LogP contribution in [0.2, 0.25) is 0 Å². The molecule has 0 spiro atoms. The predicted octanol–water partition coefficient (Wildman–Crippen LogP) is 1.90. The Bertz CT molecular complexity index is 489. The second-order valence-corrected chi connectivity index (χ2v) is 4.27. The van der Waals surface area contributed by atoms with Gasteiger partial charge in [-0.1, -0.05) is 18.2 Å². The number of rotatable bonds is 3. The molecule has 0 bridgehead atoms. The number of alkyl halides is 3. The van der Waals surface area contributed by atoms with Crippen LogP contribution in [0.3, 0.4) is 0 Å². The van der Waals surface area contributed by atoms with Crippen molar-refractivity contribution in [3.05, 3.63) is 29.8 Å². The number of hydrogen-bond donors (Lipinski definition) is 2. The first-order chi connectivity index (χ1) is 8.85. The Balaban J connectivity index is 2.38. The Hall–Kier alpha value is -1.76. The lowest BCUT2D eigenvalue weighted by molar-refractivity contribution is -0.152. The molecule has 1 aromatic carbocycles. The minimum Gasteiger partial charge on any atom is -0.493 e. The van der Waals surface area contributed by atoms with Gasteiger partial charge in [0.15, 0.2) is 0 Å². The molecule has 1 unspecified atom stereocenters. The van der Waals surface area contributed by atoms with Gasteiger partial charge in [-0.25, -0.2) is 4.79 Å². The van der Waals surface area contributed by atoms with Crippen LogP contribution in [0.15, 0.2) is 24.3 Å². The van der Waals surface area contributed by atoms with E-state index in [-0.39, 0.29) is 18.6 Å². The number of halogens is 3. The molecule has 1 atom stereocenters. The van der Waals surface area contributed by atoms with Crippen LogP contribution in [-0.2, 0) is 10.3 Å². The molecule has 0 amide bonds. The number of aliphatic carboxylic acids is 1. The molecule has 0 fully saturated rings. The summed E-state index contributed by atoms with van der Waals surface area (Å²) < 4.78 is 42.3. The number of ether oxygens (including phenoxy) is 1. The Kier molecular flexibility index (Phi) is 3.40. The monoisotopic (exact) mass is 275 g/mol. The van der Waals surface area contributed by atoms with Gasteiger partial charge in [-0.05, 0) is 6.07 Å². The normalized spacial score (nSPS) is 22.5.